The Morgan fingerprint density at radius 2 is 1.59 bits per heavy atom. The van der Waals surface area contributed by atoms with Crippen molar-refractivity contribution < 1.29 is 14.4 Å². The fraction of sp³-hybridized carbons (Fsp3) is 0.160. The number of thiophene rings is 1. The second-order valence-electron chi connectivity index (χ2n) is 7.96. The first kappa shape index (κ1) is 21.7. The lowest BCUT2D eigenvalue weighted by molar-refractivity contribution is 0.0650. The first-order valence-corrected chi connectivity index (χ1v) is 11.6. The Morgan fingerprint density at radius 3 is 2.26 bits per heavy atom. The summed E-state index contributed by atoms with van der Waals surface area (Å²) in [6.45, 7) is 2.23. The smallest absolute Gasteiger partial charge is 0.266 e. The fourth-order valence-electron chi connectivity index (χ4n) is 4.09. The number of anilines is 1. The third-order valence-electron chi connectivity index (χ3n) is 5.81. The molecule has 8 nitrogen and oxygen atoms in total. The summed E-state index contributed by atoms with van der Waals surface area (Å²) in [6, 6.07) is 15.8. The number of fused-ring (bicyclic) bond motifs is 2. The Kier molecular flexibility index (Phi) is 5.54. The summed E-state index contributed by atoms with van der Waals surface area (Å²) >= 11 is 1.18. The number of amides is 3. The van der Waals surface area contributed by atoms with Crippen LogP contribution in [0.4, 0.5) is 5.69 Å². The molecule has 1 N–H and O–H groups in total. The molecule has 34 heavy (non-hydrogen) atoms. The first-order chi connectivity index (χ1) is 16.5. The van der Waals surface area contributed by atoms with Crippen LogP contribution in [-0.2, 0) is 6.54 Å². The van der Waals surface area contributed by atoms with Crippen molar-refractivity contribution in [2.75, 3.05) is 11.9 Å². The van der Waals surface area contributed by atoms with Crippen molar-refractivity contribution in [3.63, 3.8) is 0 Å². The number of carbonyl (C=O) groups excluding carboxylic acids is 3. The first-order valence-electron chi connectivity index (χ1n) is 10.8. The van der Waals surface area contributed by atoms with Gasteiger partial charge in [0.05, 0.1) is 27.7 Å². The van der Waals surface area contributed by atoms with Crippen molar-refractivity contribution in [3.05, 3.63) is 92.8 Å². The van der Waals surface area contributed by atoms with Crippen LogP contribution in [-0.4, -0.2) is 38.7 Å². The average Bonchev–Trinajstić information content (AvgIpc) is 3.31. The second-order valence-corrected chi connectivity index (χ2v) is 8.96. The number of hydrogen-bond donors (Lipinski definition) is 1. The van der Waals surface area contributed by atoms with Gasteiger partial charge in [0, 0.05) is 18.8 Å². The maximum absolute atomic E-state index is 13.1. The largest absolute Gasteiger partial charge is 0.321 e. The molecule has 2 aromatic carbocycles. The molecular weight excluding hydrogens is 452 g/mol. The highest BCUT2D eigenvalue weighted by molar-refractivity contribution is 7.20. The number of nitrogens with one attached hydrogen (secondary N) is 1. The lowest BCUT2D eigenvalue weighted by Gasteiger charge is -2.14. The van der Waals surface area contributed by atoms with Crippen LogP contribution in [0.1, 0.15) is 42.4 Å². The minimum atomic E-state index is -0.315. The molecule has 0 radical (unpaired) electrons. The highest BCUT2D eigenvalue weighted by atomic mass is 32.1. The normalized spacial score (nSPS) is 12.9. The van der Waals surface area contributed by atoms with Gasteiger partial charge in [0.2, 0.25) is 0 Å². The molecule has 0 aliphatic carbocycles. The Labute approximate surface area is 198 Å². The summed E-state index contributed by atoms with van der Waals surface area (Å²) in [6.07, 6.45) is 1.85. The van der Waals surface area contributed by atoms with E-state index in [-0.39, 0.29) is 36.4 Å². The third kappa shape index (κ3) is 3.69. The molecule has 170 valence electrons. The van der Waals surface area contributed by atoms with Crippen molar-refractivity contribution in [3.8, 4) is 0 Å². The number of nitrogens with zero attached hydrogens (tertiary/aromatic N) is 3. The Hall–Kier alpha value is -4.11. The van der Waals surface area contributed by atoms with E-state index in [0.717, 1.165) is 0 Å². The molecule has 1 aliphatic heterocycles. The molecule has 0 saturated carbocycles. The number of aryl methyl sites for hydroxylation is 2. The standard InChI is InChI=1S/C25H20N4O4S/c1-15-19-22(34-20(15)21(30)27-16-8-3-2-4-9-16)26-14-28(25(19)33)12-7-13-29-23(31)17-10-5-6-11-18(17)24(29)32/h2-6,8-11,14H,7,12-13H2,1H3,(H,27,30). The summed E-state index contributed by atoms with van der Waals surface area (Å²) in [7, 11) is 0. The summed E-state index contributed by atoms with van der Waals surface area (Å²) in [5.74, 6) is -0.920. The molecular formula is C25H20N4O4S. The Balaban J connectivity index is 1.32. The van der Waals surface area contributed by atoms with Gasteiger partial charge >= 0.3 is 0 Å². The van der Waals surface area contributed by atoms with Crippen LogP contribution >= 0.6 is 11.3 Å². The predicted molar refractivity (Wildman–Crippen MR) is 129 cm³/mol. The maximum atomic E-state index is 13.1. The van der Waals surface area contributed by atoms with Crippen LogP contribution in [0, 0.1) is 6.92 Å². The van der Waals surface area contributed by atoms with Gasteiger partial charge in [-0.05, 0) is 43.2 Å². The van der Waals surface area contributed by atoms with E-state index >= 15 is 0 Å². The molecule has 0 atom stereocenters. The summed E-state index contributed by atoms with van der Waals surface area (Å²) in [5.41, 5.74) is 1.81. The average molecular weight is 473 g/mol. The van der Waals surface area contributed by atoms with Crippen LogP contribution in [0.2, 0.25) is 0 Å². The van der Waals surface area contributed by atoms with E-state index in [9.17, 15) is 19.2 Å². The molecule has 0 spiro atoms. The van der Waals surface area contributed by atoms with Crippen molar-refractivity contribution in [1.82, 2.24) is 14.5 Å². The highest BCUT2D eigenvalue weighted by Gasteiger charge is 2.34. The summed E-state index contributed by atoms with van der Waals surface area (Å²) < 4.78 is 1.46. The van der Waals surface area contributed by atoms with Crippen LogP contribution in [0.5, 0.6) is 0 Å². The topological polar surface area (TPSA) is 101 Å². The molecule has 0 fully saturated rings. The number of aromatic nitrogens is 2. The molecule has 4 aromatic rings. The van der Waals surface area contributed by atoms with E-state index in [1.54, 1.807) is 43.3 Å². The molecule has 0 saturated heterocycles. The predicted octanol–water partition coefficient (Wildman–Crippen LogP) is 3.71. The molecule has 5 rings (SSSR count). The van der Waals surface area contributed by atoms with Gasteiger partial charge in [0.1, 0.15) is 4.83 Å². The molecule has 3 heterocycles. The molecule has 0 unspecified atom stereocenters. The van der Waals surface area contributed by atoms with E-state index in [4.69, 9.17) is 0 Å². The SMILES string of the molecule is Cc1c(C(=O)Nc2ccccc2)sc2ncn(CCCN3C(=O)c4ccccc4C3=O)c(=O)c12. The minimum absolute atomic E-state index is 0.199. The van der Waals surface area contributed by atoms with Gasteiger partial charge < -0.3 is 5.32 Å². The zero-order valence-corrected chi connectivity index (χ0v) is 19.1. The van der Waals surface area contributed by atoms with E-state index < -0.39 is 0 Å². The van der Waals surface area contributed by atoms with Gasteiger partial charge in [-0.2, -0.15) is 0 Å². The lowest BCUT2D eigenvalue weighted by atomic mass is 10.1. The quantitative estimate of drug-likeness (QED) is 0.431. The molecule has 3 amide bonds. The number of benzene rings is 2. The van der Waals surface area contributed by atoms with Gasteiger partial charge in [-0.25, -0.2) is 4.98 Å². The van der Waals surface area contributed by atoms with Gasteiger partial charge in [0.15, 0.2) is 0 Å². The zero-order valence-electron chi connectivity index (χ0n) is 18.3. The van der Waals surface area contributed by atoms with Crippen molar-refractivity contribution in [1.29, 1.82) is 0 Å². The fourth-order valence-corrected chi connectivity index (χ4v) is 5.12. The number of imide groups is 1. The lowest BCUT2D eigenvalue weighted by Crippen LogP contribution is -2.32. The monoisotopic (exact) mass is 472 g/mol. The minimum Gasteiger partial charge on any atom is -0.321 e. The number of para-hydroxylation sites is 1. The number of carbonyl (C=O) groups is 3. The van der Waals surface area contributed by atoms with Crippen LogP contribution < -0.4 is 10.9 Å². The van der Waals surface area contributed by atoms with Crippen molar-refractivity contribution in [2.24, 2.45) is 0 Å². The highest BCUT2D eigenvalue weighted by Crippen LogP contribution is 2.28. The van der Waals surface area contributed by atoms with E-state index in [1.165, 1.54) is 27.1 Å². The molecule has 1 aliphatic rings. The van der Waals surface area contributed by atoms with Gasteiger partial charge in [-0.15, -0.1) is 11.3 Å². The van der Waals surface area contributed by atoms with Crippen LogP contribution in [0.25, 0.3) is 10.2 Å². The Morgan fingerprint density at radius 1 is 0.941 bits per heavy atom. The molecule has 9 heteroatoms. The third-order valence-corrected chi connectivity index (χ3v) is 7.01. The van der Waals surface area contributed by atoms with Crippen molar-refractivity contribution >= 4 is 45.0 Å². The summed E-state index contributed by atoms with van der Waals surface area (Å²) in [4.78, 5) is 57.5. The summed E-state index contributed by atoms with van der Waals surface area (Å²) in [5, 5.41) is 3.25. The van der Waals surface area contributed by atoms with Gasteiger partial charge in [0.25, 0.3) is 23.3 Å². The zero-order chi connectivity index (χ0) is 23.8. The maximum Gasteiger partial charge on any atom is 0.266 e. The van der Waals surface area contributed by atoms with Gasteiger partial charge in [-0.1, -0.05) is 30.3 Å². The van der Waals surface area contributed by atoms with Gasteiger partial charge in [-0.3, -0.25) is 28.6 Å². The number of rotatable bonds is 6. The van der Waals surface area contributed by atoms with E-state index in [2.05, 4.69) is 10.3 Å². The second kappa shape index (κ2) is 8.68. The number of hydrogen-bond acceptors (Lipinski definition) is 6. The van der Waals surface area contributed by atoms with Crippen LogP contribution in [0.3, 0.4) is 0 Å². The van der Waals surface area contributed by atoms with Crippen molar-refractivity contribution in [2.45, 2.75) is 19.9 Å². The Bertz CT molecular complexity index is 1470. The van der Waals surface area contributed by atoms with Crippen LogP contribution in [0.15, 0.2) is 65.7 Å². The van der Waals surface area contributed by atoms with E-state index in [1.807, 2.05) is 18.2 Å². The molecule has 0 bridgehead atoms. The van der Waals surface area contributed by atoms with E-state index in [0.29, 0.717) is 43.9 Å². The molecule has 2 aromatic heterocycles.